The predicted octanol–water partition coefficient (Wildman–Crippen LogP) is 2.96. The molecule has 18 nitrogen and oxygen atoms in total. The summed E-state index contributed by atoms with van der Waals surface area (Å²) in [7, 11) is 0. The molecule has 1 amide bonds. The predicted molar refractivity (Wildman–Crippen MR) is 226 cm³/mol. The van der Waals surface area contributed by atoms with Crippen molar-refractivity contribution in [1.82, 2.24) is 0 Å². The fourth-order valence-corrected chi connectivity index (χ4v) is 7.09. The zero-order chi connectivity index (χ0) is 47.5. The van der Waals surface area contributed by atoms with Crippen molar-refractivity contribution in [1.29, 1.82) is 5.26 Å². The Balaban J connectivity index is 0.000000417. The first-order valence-corrected chi connectivity index (χ1v) is 21.5. The number of nitriles is 1. The fraction of sp³-hybridized carbons (Fsp3) is 0.864. The van der Waals surface area contributed by atoms with Crippen LogP contribution in [0.2, 0.25) is 0 Å². The van der Waals surface area contributed by atoms with Gasteiger partial charge in [0, 0.05) is 75.7 Å². The minimum Gasteiger partial charge on any atom is -0.460 e. The van der Waals surface area contributed by atoms with Crippen LogP contribution in [0, 0.1) is 27.6 Å². The van der Waals surface area contributed by atoms with Crippen LogP contribution in [0.3, 0.4) is 0 Å². The zero-order valence-electron chi connectivity index (χ0n) is 38.7. The lowest BCUT2D eigenvalue weighted by molar-refractivity contribution is -0.162. The van der Waals surface area contributed by atoms with Crippen molar-refractivity contribution in [3.63, 3.8) is 0 Å². The van der Waals surface area contributed by atoms with Crippen molar-refractivity contribution < 1.29 is 72.5 Å². The molecular formula is C44H77N3O15. The average molecular weight is 888 g/mol. The van der Waals surface area contributed by atoms with Crippen LogP contribution in [0.4, 0.5) is 0 Å². The van der Waals surface area contributed by atoms with E-state index in [0.717, 1.165) is 19.1 Å². The molecule has 0 spiro atoms. The lowest BCUT2D eigenvalue weighted by atomic mass is 9.73. The molecule has 358 valence electrons. The Morgan fingerprint density at radius 3 is 1.35 bits per heavy atom. The summed E-state index contributed by atoms with van der Waals surface area (Å²) in [6.07, 6.45) is 3.58. The molecular weight excluding hydrogens is 810 g/mol. The molecule has 4 fully saturated rings. The van der Waals surface area contributed by atoms with Crippen LogP contribution in [0.1, 0.15) is 133 Å². The van der Waals surface area contributed by atoms with Crippen LogP contribution >= 0.6 is 0 Å². The van der Waals surface area contributed by atoms with Crippen molar-refractivity contribution in [2.24, 2.45) is 27.7 Å². The van der Waals surface area contributed by atoms with E-state index in [-0.39, 0.29) is 49.2 Å². The highest BCUT2D eigenvalue weighted by Gasteiger charge is 2.43. The first kappa shape index (κ1) is 56.7. The van der Waals surface area contributed by atoms with Gasteiger partial charge in [-0.25, -0.2) is 0 Å². The molecule has 4 rings (SSSR count). The number of aliphatic hydroxyl groups is 3. The number of nitrogens with two attached hydrogens (primary N) is 2. The highest BCUT2D eigenvalue weighted by atomic mass is 16.6. The van der Waals surface area contributed by atoms with E-state index in [4.69, 9.17) is 49.9 Å². The molecule has 0 saturated carbocycles. The number of aldehydes is 1. The van der Waals surface area contributed by atoms with Gasteiger partial charge in [0.05, 0.1) is 30.9 Å². The summed E-state index contributed by atoms with van der Waals surface area (Å²) in [6.45, 7) is 20.6. The summed E-state index contributed by atoms with van der Waals surface area (Å²) in [4.78, 5) is 57.0. The summed E-state index contributed by atoms with van der Waals surface area (Å²) < 4.78 is 36.5. The average Bonchev–Trinajstić information content (AvgIpc) is 3.17. The molecule has 0 aromatic carbocycles. The van der Waals surface area contributed by atoms with E-state index in [2.05, 4.69) is 0 Å². The van der Waals surface area contributed by atoms with Crippen molar-refractivity contribution in [2.75, 3.05) is 59.5 Å². The van der Waals surface area contributed by atoms with E-state index in [9.17, 15) is 39.3 Å². The molecule has 2 unspecified atom stereocenters. The number of aliphatic hydroxyl groups excluding tert-OH is 3. The Labute approximate surface area is 367 Å². The fourth-order valence-electron chi connectivity index (χ4n) is 7.09. The van der Waals surface area contributed by atoms with Crippen molar-refractivity contribution in [3.05, 3.63) is 0 Å². The molecule has 0 aromatic rings. The molecule has 4 heterocycles. The SMILES string of the molecule is CC(C)(C)OC(=O)CC1(C(O)C#N)CCOCC1.CC(C)(C)OC(=O)CC1(C=O)CCOCC1.CC(C)(C)OC(=O)CC1(CO)CCOCC1.NC(=O)C(O)C1(N)CCOCC1. The molecule has 7 N–H and O–H groups in total. The number of primary amides is 1. The van der Waals surface area contributed by atoms with Gasteiger partial charge < -0.3 is 64.7 Å². The van der Waals surface area contributed by atoms with Crippen LogP contribution in [-0.4, -0.2) is 139 Å². The summed E-state index contributed by atoms with van der Waals surface area (Å²) in [6, 6.07) is 1.84. The normalized spacial score (nSPS) is 21.4. The number of ether oxygens (including phenoxy) is 7. The summed E-state index contributed by atoms with van der Waals surface area (Å²) in [5, 5.41) is 37.5. The lowest BCUT2D eigenvalue weighted by Gasteiger charge is -2.38. The van der Waals surface area contributed by atoms with Crippen molar-refractivity contribution in [3.8, 4) is 6.07 Å². The van der Waals surface area contributed by atoms with Crippen LogP contribution in [-0.2, 0) is 57.1 Å². The maximum atomic E-state index is 11.9. The van der Waals surface area contributed by atoms with E-state index in [1.165, 1.54) is 0 Å². The molecule has 2 atom stereocenters. The first-order chi connectivity index (χ1) is 28.6. The van der Waals surface area contributed by atoms with Gasteiger partial charge in [0.2, 0.25) is 5.91 Å². The van der Waals surface area contributed by atoms with Crippen LogP contribution in [0.5, 0.6) is 0 Å². The number of hydrogen-bond acceptors (Lipinski definition) is 17. The molecule has 62 heavy (non-hydrogen) atoms. The third-order valence-corrected chi connectivity index (χ3v) is 10.8. The van der Waals surface area contributed by atoms with E-state index in [0.29, 0.717) is 91.4 Å². The molecule has 0 radical (unpaired) electrons. The maximum absolute atomic E-state index is 11.9. The molecule has 4 aliphatic rings. The smallest absolute Gasteiger partial charge is 0.307 e. The molecule has 0 aliphatic carbocycles. The van der Waals surface area contributed by atoms with Crippen LogP contribution in [0.25, 0.3) is 0 Å². The number of amides is 1. The number of rotatable bonds is 11. The highest BCUT2D eigenvalue weighted by Crippen LogP contribution is 2.39. The minimum absolute atomic E-state index is 0.0234. The second kappa shape index (κ2) is 25.3. The van der Waals surface area contributed by atoms with Crippen molar-refractivity contribution >= 4 is 30.1 Å². The molecule has 4 saturated heterocycles. The van der Waals surface area contributed by atoms with Crippen LogP contribution < -0.4 is 11.5 Å². The van der Waals surface area contributed by atoms with Crippen molar-refractivity contribution in [2.45, 2.75) is 167 Å². The molecule has 18 heteroatoms. The first-order valence-electron chi connectivity index (χ1n) is 21.5. The summed E-state index contributed by atoms with van der Waals surface area (Å²) in [5.74, 6) is -1.68. The van der Waals surface area contributed by atoms with Gasteiger partial charge in [-0.2, -0.15) is 5.26 Å². The van der Waals surface area contributed by atoms with E-state index >= 15 is 0 Å². The van der Waals surface area contributed by atoms with Gasteiger partial charge in [-0.3, -0.25) is 19.2 Å². The Kier molecular flexibility index (Phi) is 23.1. The number of carbonyl (C=O) groups excluding carboxylic acids is 5. The van der Waals surface area contributed by atoms with Gasteiger partial charge in [-0.15, -0.1) is 0 Å². The summed E-state index contributed by atoms with van der Waals surface area (Å²) >= 11 is 0. The Morgan fingerprint density at radius 2 is 1.00 bits per heavy atom. The Morgan fingerprint density at radius 1 is 0.645 bits per heavy atom. The quantitative estimate of drug-likeness (QED) is 0.0863. The topological polar surface area (TPSA) is 286 Å². The second-order valence-corrected chi connectivity index (χ2v) is 19.8. The monoisotopic (exact) mass is 888 g/mol. The second-order valence-electron chi connectivity index (χ2n) is 19.8. The third kappa shape index (κ3) is 21.4. The van der Waals surface area contributed by atoms with Gasteiger partial charge >= 0.3 is 17.9 Å². The molecule has 0 bridgehead atoms. The number of hydrogen-bond donors (Lipinski definition) is 5. The standard InChI is InChI=1S/C13H21NO4.C12H22O4.C12H20O4.C7H14N2O3/c1-12(2,3)18-11(16)8-13(10(15)9-14)4-6-17-7-5-13;2*1-11(2,3)16-10(14)8-12(9-13)4-6-15-7-5-12;8-6(11)5(10)7(9)1-3-12-4-2-7/h10,15H,4-8H2,1-3H3;13H,4-9H2,1-3H3;9H,4-8H2,1-3H3;5,10H,1-4,9H2,(H2,8,11). The van der Waals surface area contributed by atoms with Gasteiger partial charge in [0.1, 0.15) is 29.2 Å². The molecule has 4 aliphatic heterocycles. The van der Waals surface area contributed by atoms with E-state index < -0.39 is 51.3 Å². The summed E-state index contributed by atoms with van der Waals surface area (Å²) in [5.41, 5.74) is 6.69. The number of esters is 3. The Hall–Kier alpha value is -3.28. The van der Waals surface area contributed by atoms with E-state index in [1.54, 1.807) is 20.8 Å². The van der Waals surface area contributed by atoms with Gasteiger partial charge in [0.15, 0.2) is 6.10 Å². The van der Waals surface area contributed by atoms with Gasteiger partial charge in [-0.05, 0) is 114 Å². The Bertz CT molecular complexity index is 1440. The largest absolute Gasteiger partial charge is 0.460 e. The van der Waals surface area contributed by atoms with Crippen LogP contribution in [0.15, 0.2) is 0 Å². The zero-order valence-corrected chi connectivity index (χ0v) is 38.7. The third-order valence-electron chi connectivity index (χ3n) is 10.8. The molecule has 0 aromatic heterocycles. The maximum Gasteiger partial charge on any atom is 0.307 e. The van der Waals surface area contributed by atoms with Gasteiger partial charge in [0.25, 0.3) is 0 Å². The van der Waals surface area contributed by atoms with Gasteiger partial charge in [-0.1, -0.05) is 0 Å². The minimum atomic E-state index is -1.26. The number of carbonyl (C=O) groups is 5. The lowest BCUT2D eigenvalue weighted by Crippen LogP contribution is -2.59. The highest BCUT2D eigenvalue weighted by molar-refractivity contribution is 5.80. The number of nitrogens with zero attached hydrogens (tertiary/aromatic N) is 1. The van der Waals surface area contributed by atoms with E-state index in [1.807, 2.05) is 47.6 Å².